The summed E-state index contributed by atoms with van der Waals surface area (Å²) >= 11 is 0. The summed E-state index contributed by atoms with van der Waals surface area (Å²) in [5.41, 5.74) is 1.15. The molecule has 0 aliphatic rings. The molecular formula is C16H27NO2. The molecule has 1 aromatic carbocycles. The second kappa shape index (κ2) is 8.05. The molecule has 0 saturated carbocycles. The van der Waals surface area contributed by atoms with Gasteiger partial charge in [0.25, 0.3) is 0 Å². The van der Waals surface area contributed by atoms with Crippen LogP contribution in [0.3, 0.4) is 0 Å². The number of ether oxygens (including phenoxy) is 2. The van der Waals surface area contributed by atoms with Crippen molar-refractivity contribution >= 4 is 0 Å². The first-order chi connectivity index (χ1) is 9.13. The first-order valence-corrected chi connectivity index (χ1v) is 7.16. The predicted molar refractivity (Wildman–Crippen MR) is 79.9 cm³/mol. The fourth-order valence-electron chi connectivity index (χ4n) is 2.29. The quantitative estimate of drug-likeness (QED) is 0.778. The van der Waals surface area contributed by atoms with E-state index >= 15 is 0 Å². The van der Waals surface area contributed by atoms with E-state index in [0.717, 1.165) is 30.0 Å². The van der Waals surface area contributed by atoms with Crippen LogP contribution in [0.25, 0.3) is 0 Å². The van der Waals surface area contributed by atoms with Gasteiger partial charge < -0.3 is 14.8 Å². The average molecular weight is 265 g/mol. The molecule has 3 nitrogen and oxygen atoms in total. The molecule has 0 amide bonds. The summed E-state index contributed by atoms with van der Waals surface area (Å²) in [6.45, 7) is 10.1. The van der Waals surface area contributed by atoms with Crippen LogP contribution in [0.4, 0.5) is 0 Å². The lowest BCUT2D eigenvalue weighted by Gasteiger charge is -2.22. The molecule has 0 heterocycles. The summed E-state index contributed by atoms with van der Waals surface area (Å²) in [4.78, 5) is 0. The fourth-order valence-corrected chi connectivity index (χ4v) is 2.29. The van der Waals surface area contributed by atoms with Crippen LogP contribution in [-0.2, 0) is 6.54 Å². The van der Waals surface area contributed by atoms with Gasteiger partial charge in [0, 0.05) is 18.2 Å². The number of rotatable bonds is 8. The molecule has 0 aliphatic heterocycles. The predicted octanol–water partition coefficient (Wildman–Crippen LogP) is 3.62. The normalized spacial score (nSPS) is 12.5. The molecule has 3 heteroatoms. The Morgan fingerprint density at radius 1 is 1.21 bits per heavy atom. The number of nitrogens with one attached hydrogen (secondary N) is 1. The van der Waals surface area contributed by atoms with Crippen molar-refractivity contribution in [2.24, 2.45) is 5.92 Å². The standard InChI is InChI=1S/C16H27NO2/c1-6-14(12(3)4)17-11-13-9-8-10-15(19-7-2)16(13)18-5/h8-10,12,14,17H,6-7,11H2,1-5H3. The number of benzene rings is 1. The number of hydrogen-bond acceptors (Lipinski definition) is 3. The van der Waals surface area contributed by atoms with E-state index in [9.17, 15) is 0 Å². The van der Waals surface area contributed by atoms with Crippen LogP contribution in [0.15, 0.2) is 18.2 Å². The highest BCUT2D eigenvalue weighted by Gasteiger charge is 2.13. The molecule has 1 rings (SSSR count). The topological polar surface area (TPSA) is 30.5 Å². The van der Waals surface area contributed by atoms with E-state index in [1.807, 2.05) is 19.1 Å². The van der Waals surface area contributed by atoms with Gasteiger partial charge in [-0.25, -0.2) is 0 Å². The molecule has 0 bridgehead atoms. The van der Waals surface area contributed by atoms with Crippen molar-refractivity contribution < 1.29 is 9.47 Å². The molecule has 108 valence electrons. The van der Waals surface area contributed by atoms with Crippen LogP contribution < -0.4 is 14.8 Å². The van der Waals surface area contributed by atoms with Crippen LogP contribution in [0.1, 0.15) is 39.7 Å². The highest BCUT2D eigenvalue weighted by atomic mass is 16.5. The van der Waals surface area contributed by atoms with E-state index in [4.69, 9.17) is 9.47 Å². The Kier molecular flexibility index (Phi) is 6.71. The van der Waals surface area contributed by atoms with Gasteiger partial charge in [0.2, 0.25) is 0 Å². The van der Waals surface area contributed by atoms with Gasteiger partial charge in [-0.05, 0) is 25.3 Å². The van der Waals surface area contributed by atoms with Crippen molar-refractivity contribution in [1.82, 2.24) is 5.32 Å². The monoisotopic (exact) mass is 265 g/mol. The molecule has 0 aliphatic carbocycles. The molecule has 0 saturated heterocycles. The second-order valence-corrected chi connectivity index (χ2v) is 5.02. The Balaban J connectivity index is 2.80. The Labute approximate surface area is 117 Å². The number of hydrogen-bond donors (Lipinski definition) is 1. The van der Waals surface area contributed by atoms with Crippen LogP contribution in [0.2, 0.25) is 0 Å². The Morgan fingerprint density at radius 3 is 2.47 bits per heavy atom. The highest BCUT2D eigenvalue weighted by Crippen LogP contribution is 2.31. The smallest absolute Gasteiger partial charge is 0.165 e. The first-order valence-electron chi connectivity index (χ1n) is 7.16. The van der Waals surface area contributed by atoms with E-state index < -0.39 is 0 Å². The van der Waals surface area contributed by atoms with E-state index in [2.05, 4.69) is 32.2 Å². The molecule has 0 spiro atoms. The minimum absolute atomic E-state index is 0.528. The summed E-state index contributed by atoms with van der Waals surface area (Å²) in [6.07, 6.45) is 1.13. The minimum atomic E-state index is 0.528. The van der Waals surface area contributed by atoms with Gasteiger partial charge in [-0.15, -0.1) is 0 Å². The molecular weight excluding hydrogens is 238 g/mol. The van der Waals surface area contributed by atoms with Crippen molar-refractivity contribution in [3.05, 3.63) is 23.8 Å². The molecule has 1 unspecified atom stereocenters. The van der Waals surface area contributed by atoms with Gasteiger partial charge in [-0.3, -0.25) is 0 Å². The maximum absolute atomic E-state index is 5.60. The third-order valence-electron chi connectivity index (χ3n) is 3.36. The van der Waals surface area contributed by atoms with Crippen LogP contribution >= 0.6 is 0 Å². The number of methoxy groups -OCH3 is 1. The third-order valence-corrected chi connectivity index (χ3v) is 3.36. The zero-order valence-electron chi connectivity index (χ0n) is 12.8. The molecule has 0 aromatic heterocycles. The van der Waals surface area contributed by atoms with Crippen molar-refractivity contribution in [2.75, 3.05) is 13.7 Å². The van der Waals surface area contributed by atoms with Crippen LogP contribution in [0, 0.1) is 5.92 Å². The van der Waals surface area contributed by atoms with Crippen LogP contribution in [0.5, 0.6) is 11.5 Å². The van der Waals surface area contributed by atoms with Gasteiger partial charge in [-0.2, -0.15) is 0 Å². The van der Waals surface area contributed by atoms with Crippen LogP contribution in [-0.4, -0.2) is 19.8 Å². The minimum Gasteiger partial charge on any atom is -0.493 e. The van der Waals surface area contributed by atoms with Gasteiger partial charge in [0.1, 0.15) is 0 Å². The zero-order chi connectivity index (χ0) is 14.3. The summed E-state index contributed by atoms with van der Waals surface area (Å²) in [6, 6.07) is 6.58. The first kappa shape index (κ1) is 15.8. The fraction of sp³-hybridized carbons (Fsp3) is 0.625. The van der Waals surface area contributed by atoms with Gasteiger partial charge in [0.15, 0.2) is 11.5 Å². The SMILES string of the molecule is CCOc1cccc(CNC(CC)C(C)C)c1OC. The van der Waals surface area contributed by atoms with E-state index in [1.54, 1.807) is 7.11 Å². The van der Waals surface area contributed by atoms with Crippen molar-refractivity contribution in [3.8, 4) is 11.5 Å². The molecule has 0 fully saturated rings. The second-order valence-electron chi connectivity index (χ2n) is 5.02. The van der Waals surface area contributed by atoms with Gasteiger partial charge in [-0.1, -0.05) is 32.9 Å². The van der Waals surface area contributed by atoms with Gasteiger partial charge in [0.05, 0.1) is 13.7 Å². The molecule has 0 radical (unpaired) electrons. The van der Waals surface area contributed by atoms with E-state index in [1.165, 1.54) is 0 Å². The highest BCUT2D eigenvalue weighted by molar-refractivity contribution is 5.46. The maximum Gasteiger partial charge on any atom is 0.165 e. The van der Waals surface area contributed by atoms with E-state index in [0.29, 0.717) is 18.6 Å². The average Bonchev–Trinajstić information content (AvgIpc) is 2.39. The Hall–Kier alpha value is -1.22. The molecule has 1 N–H and O–H groups in total. The van der Waals surface area contributed by atoms with Crippen molar-refractivity contribution in [2.45, 2.75) is 46.7 Å². The largest absolute Gasteiger partial charge is 0.493 e. The zero-order valence-corrected chi connectivity index (χ0v) is 12.8. The summed E-state index contributed by atoms with van der Waals surface area (Å²) in [5.74, 6) is 2.29. The van der Waals surface area contributed by atoms with Gasteiger partial charge >= 0.3 is 0 Å². The lowest BCUT2D eigenvalue weighted by molar-refractivity contribution is 0.307. The number of para-hydroxylation sites is 1. The Morgan fingerprint density at radius 2 is 1.95 bits per heavy atom. The lowest BCUT2D eigenvalue weighted by Crippen LogP contribution is -2.32. The molecule has 1 aromatic rings. The molecule has 1 atom stereocenters. The summed E-state index contributed by atoms with van der Waals surface area (Å²) in [5, 5.41) is 3.59. The third kappa shape index (κ3) is 4.43. The van der Waals surface area contributed by atoms with Crippen molar-refractivity contribution in [3.63, 3.8) is 0 Å². The summed E-state index contributed by atoms with van der Waals surface area (Å²) < 4.78 is 11.1. The summed E-state index contributed by atoms with van der Waals surface area (Å²) in [7, 11) is 1.70. The Bertz CT molecular complexity index is 377. The molecule has 19 heavy (non-hydrogen) atoms. The van der Waals surface area contributed by atoms with E-state index in [-0.39, 0.29) is 0 Å². The maximum atomic E-state index is 5.60. The lowest BCUT2D eigenvalue weighted by atomic mass is 10.0. The van der Waals surface area contributed by atoms with Crippen molar-refractivity contribution in [1.29, 1.82) is 0 Å².